The average molecular weight is 233 g/mol. The van der Waals surface area contributed by atoms with E-state index in [9.17, 15) is 4.79 Å². The topological polar surface area (TPSA) is 29.5 Å². The Morgan fingerprint density at radius 1 is 1.35 bits per heavy atom. The molecule has 0 saturated carbocycles. The van der Waals surface area contributed by atoms with Crippen molar-refractivity contribution >= 4 is 11.8 Å². The number of para-hydroxylation sites is 1. The lowest BCUT2D eigenvalue weighted by Gasteiger charge is -2.24. The third-order valence-corrected chi connectivity index (χ3v) is 2.83. The second-order valence-corrected chi connectivity index (χ2v) is 5.55. The predicted octanol–water partition coefficient (Wildman–Crippen LogP) is 3.55. The van der Waals surface area contributed by atoms with Crippen molar-refractivity contribution in [3.63, 3.8) is 0 Å². The first-order valence-electron chi connectivity index (χ1n) is 5.98. The van der Waals surface area contributed by atoms with Crippen molar-refractivity contribution in [3.05, 3.63) is 29.8 Å². The molecule has 0 saturated heterocycles. The first-order chi connectivity index (χ1) is 7.88. The second kappa shape index (κ2) is 4.06. The van der Waals surface area contributed by atoms with Crippen LogP contribution in [0.15, 0.2) is 24.3 Å². The average Bonchev–Trinajstić information content (AvgIpc) is 2.55. The molecule has 0 radical (unpaired) electrons. The van der Waals surface area contributed by atoms with Gasteiger partial charge >= 0.3 is 6.09 Å². The molecule has 1 amide bonds. The molecule has 0 N–H and O–H groups in total. The van der Waals surface area contributed by atoms with Crippen molar-refractivity contribution in [2.75, 3.05) is 11.4 Å². The van der Waals surface area contributed by atoms with Crippen LogP contribution in [0.5, 0.6) is 0 Å². The van der Waals surface area contributed by atoms with Gasteiger partial charge in [0, 0.05) is 12.5 Å². The summed E-state index contributed by atoms with van der Waals surface area (Å²) in [6.07, 6.45) is -0.255. The molecular formula is C14H19NO2. The zero-order valence-corrected chi connectivity index (χ0v) is 10.9. The molecule has 0 aliphatic carbocycles. The maximum absolute atomic E-state index is 12.1. The number of fused-ring (bicyclic) bond motifs is 1. The van der Waals surface area contributed by atoms with E-state index in [1.54, 1.807) is 4.90 Å². The van der Waals surface area contributed by atoms with Gasteiger partial charge in [0.05, 0.1) is 5.69 Å². The number of carbonyl (C=O) groups is 1. The summed E-state index contributed by atoms with van der Waals surface area (Å²) >= 11 is 0. The fourth-order valence-corrected chi connectivity index (χ4v) is 2.11. The molecule has 0 spiro atoms. The van der Waals surface area contributed by atoms with Crippen LogP contribution in [0.1, 0.15) is 39.2 Å². The summed E-state index contributed by atoms with van der Waals surface area (Å²) in [5, 5.41) is 0. The highest BCUT2D eigenvalue weighted by Crippen LogP contribution is 2.36. The number of benzene rings is 1. The van der Waals surface area contributed by atoms with E-state index in [0.717, 1.165) is 5.69 Å². The van der Waals surface area contributed by atoms with E-state index < -0.39 is 5.60 Å². The lowest BCUT2D eigenvalue weighted by atomic mass is 10.0. The van der Waals surface area contributed by atoms with Crippen molar-refractivity contribution in [3.8, 4) is 0 Å². The maximum Gasteiger partial charge on any atom is 0.414 e. The number of amides is 1. The summed E-state index contributed by atoms with van der Waals surface area (Å²) in [6, 6.07) is 8.01. The Hall–Kier alpha value is -1.51. The predicted molar refractivity (Wildman–Crippen MR) is 68.4 cm³/mol. The fourth-order valence-electron chi connectivity index (χ4n) is 2.11. The van der Waals surface area contributed by atoms with Gasteiger partial charge < -0.3 is 4.74 Å². The van der Waals surface area contributed by atoms with Gasteiger partial charge in [-0.15, -0.1) is 0 Å². The molecule has 92 valence electrons. The molecule has 2 rings (SSSR count). The van der Waals surface area contributed by atoms with Crippen LogP contribution in [0.4, 0.5) is 10.5 Å². The number of hydrogen-bond acceptors (Lipinski definition) is 2. The van der Waals surface area contributed by atoms with Gasteiger partial charge in [-0.1, -0.05) is 25.1 Å². The van der Waals surface area contributed by atoms with Gasteiger partial charge in [-0.2, -0.15) is 0 Å². The molecule has 1 aliphatic rings. The third-order valence-electron chi connectivity index (χ3n) is 2.83. The summed E-state index contributed by atoms with van der Waals surface area (Å²) in [4.78, 5) is 13.8. The molecule has 1 aromatic carbocycles. The molecule has 1 aliphatic heterocycles. The molecule has 1 aromatic rings. The number of rotatable bonds is 0. The molecule has 0 fully saturated rings. The Balaban J connectivity index is 2.23. The highest BCUT2D eigenvalue weighted by atomic mass is 16.6. The Morgan fingerprint density at radius 2 is 2.00 bits per heavy atom. The van der Waals surface area contributed by atoms with Crippen LogP contribution in [0.25, 0.3) is 0 Å². The SMILES string of the molecule is C[C@@H]1CN(C(=O)OC(C)(C)C)c2ccccc21. The number of ether oxygens (including phenoxy) is 1. The van der Waals surface area contributed by atoms with Crippen LogP contribution in [-0.2, 0) is 4.74 Å². The first-order valence-corrected chi connectivity index (χ1v) is 5.98. The van der Waals surface area contributed by atoms with E-state index in [2.05, 4.69) is 13.0 Å². The van der Waals surface area contributed by atoms with Gasteiger partial charge in [0.2, 0.25) is 0 Å². The highest BCUT2D eigenvalue weighted by Gasteiger charge is 2.32. The largest absolute Gasteiger partial charge is 0.443 e. The minimum Gasteiger partial charge on any atom is -0.443 e. The zero-order chi connectivity index (χ0) is 12.6. The van der Waals surface area contributed by atoms with Crippen molar-refractivity contribution in [2.24, 2.45) is 0 Å². The van der Waals surface area contributed by atoms with Crippen LogP contribution in [0, 0.1) is 0 Å². The number of hydrogen-bond donors (Lipinski definition) is 0. The normalized spacial score (nSPS) is 19.1. The number of carbonyl (C=O) groups excluding carboxylic acids is 1. The van der Waals surface area contributed by atoms with E-state index in [1.807, 2.05) is 39.0 Å². The Bertz CT molecular complexity index is 434. The van der Waals surface area contributed by atoms with Crippen molar-refractivity contribution in [2.45, 2.75) is 39.2 Å². The van der Waals surface area contributed by atoms with Crippen molar-refractivity contribution in [1.29, 1.82) is 0 Å². The van der Waals surface area contributed by atoms with Crippen LogP contribution >= 0.6 is 0 Å². The van der Waals surface area contributed by atoms with Crippen LogP contribution in [0.3, 0.4) is 0 Å². The molecule has 0 bridgehead atoms. The summed E-state index contributed by atoms with van der Waals surface area (Å²) in [7, 11) is 0. The Labute approximate surface area is 102 Å². The summed E-state index contributed by atoms with van der Waals surface area (Å²) in [6.45, 7) is 8.49. The monoisotopic (exact) mass is 233 g/mol. The maximum atomic E-state index is 12.1. The number of nitrogens with zero attached hydrogens (tertiary/aromatic N) is 1. The Kier molecular flexibility index (Phi) is 2.86. The van der Waals surface area contributed by atoms with E-state index in [4.69, 9.17) is 4.74 Å². The van der Waals surface area contributed by atoms with Gasteiger partial charge in [-0.3, -0.25) is 4.90 Å². The van der Waals surface area contributed by atoms with Gasteiger partial charge in [0.1, 0.15) is 5.60 Å². The van der Waals surface area contributed by atoms with E-state index >= 15 is 0 Å². The second-order valence-electron chi connectivity index (χ2n) is 5.55. The summed E-state index contributed by atoms with van der Waals surface area (Å²) < 4.78 is 5.41. The molecule has 1 atom stereocenters. The molecule has 0 unspecified atom stereocenters. The quantitative estimate of drug-likeness (QED) is 0.686. The smallest absolute Gasteiger partial charge is 0.414 e. The van der Waals surface area contributed by atoms with Crippen molar-refractivity contribution < 1.29 is 9.53 Å². The highest BCUT2D eigenvalue weighted by molar-refractivity contribution is 5.91. The van der Waals surface area contributed by atoms with Gasteiger partial charge in [0.15, 0.2) is 0 Å². The van der Waals surface area contributed by atoms with Gasteiger partial charge in [-0.25, -0.2) is 4.79 Å². The van der Waals surface area contributed by atoms with Gasteiger partial charge in [0.25, 0.3) is 0 Å². The molecule has 0 aromatic heterocycles. The molecule has 3 nitrogen and oxygen atoms in total. The summed E-state index contributed by atoms with van der Waals surface area (Å²) in [5.74, 6) is 0.374. The molecule has 17 heavy (non-hydrogen) atoms. The van der Waals surface area contributed by atoms with E-state index in [-0.39, 0.29) is 6.09 Å². The van der Waals surface area contributed by atoms with Crippen LogP contribution in [0.2, 0.25) is 0 Å². The lowest BCUT2D eigenvalue weighted by molar-refractivity contribution is 0.0582. The summed E-state index contributed by atoms with van der Waals surface area (Å²) in [5.41, 5.74) is 1.75. The van der Waals surface area contributed by atoms with Crippen LogP contribution < -0.4 is 4.90 Å². The first kappa shape index (κ1) is 12.0. The zero-order valence-electron chi connectivity index (χ0n) is 10.9. The lowest BCUT2D eigenvalue weighted by Crippen LogP contribution is -2.36. The fraction of sp³-hybridized carbons (Fsp3) is 0.500. The third kappa shape index (κ3) is 2.43. The van der Waals surface area contributed by atoms with Crippen LogP contribution in [-0.4, -0.2) is 18.2 Å². The van der Waals surface area contributed by atoms with Crippen molar-refractivity contribution in [1.82, 2.24) is 0 Å². The number of anilines is 1. The van der Waals surface area contributed by atoms with Gasteiger partial charge in [-0.05, 0) is 32.4 Å². The minimum atomic E-state index is -0.447. The molecular weight excluding hydrogens is 214 g/mol. The molecule has 1 heterocycles. The Morgan fingerprint density at radius 3 is 2.65 bits per heavy atom. The minimum absolute atomic E-state index is 0.255. The standard InChI is InChI=1S/C14H19NO2/c1-10-9-15(13(16)17-14(2,3)4)12-8-6-5-7-11(10)12/h5-8,10H,9H2,1-4H3/t10-/m1/s1. The van der Waals surface area contributed by atoms with E-state index in [0.29, 0.717) is 12.5 Å². The molecule has 3 heteroatoms. The van der Waals surface area contributed by atoms with E-state index in [1.165, 1.54) is 5.56 Å².